The molecular weight excluding hydrogens is 306 g/mol. The number of carboxylic acid groups (broad SMARTS) is 1. The van der Waals surface area contributed by atoms with Crippen molar-refractivity contribution in [3.8, 4) is 11.8 Å². The first-order valence-electron chi connectivity index (χ1n) is 7.17. The van der Waals surface area contributed by atoms with Gasteiger partial charge < -0.3 is 14.8 Å². The van der Waals surface area contributed by atoms with Gasteiger partial charge in [0.1, 0.15) is 17.6 Å². The molecule has 3 aromatic rings. The summed E-state index contributed by atoms with van der Waals surface area (Å²) in [6.07, 6.45) is 1.71. The fraction of sp³-hybridized carbons (Fsp3) is 0.0556. The number of ether oxygens (including phenoxy) is 1. The lowest BCUT2D eigenvalue weighted by atomic mass is 10.1. The van der Waals surface area contributed by atoms with Gasteiger partial charge in [-0.05, 0) is 35.9 Å². The Balaban J connectivity index is 1.85. The summed E-state index contributed by atoms with van der Waals surface area (Å²) in [5, 5.41) is 18.0. The van der Waals surface area contributed by atoms with Crippen LogP contribution in [-0.4, -0.2) is 27.7 Å². The van der Waals surface area contributed by atoms with Crippen molar-refractivity contribution in [2.75, 3.05) is 6.61 Å². The van der Waals surface area contributed by atoms with E-state index in [1.54, 1.807) is 30.3 Å². The van der Waals surface area contributed by atoms with E-state index in [-0.39, 0.29) is 0 Å². The van der Waals surface area contributed by atoms with Crippen LogP contribution >= 0.6 is 0 Å². The van der Waals surface area contributed by atoms with Gasteiger partial charge in [-0.2, -0.15) is 5.26 Å². The van der Waals surface area contributed by atoms with Crippen molar-refractivity contribution in [3.63, 3.8) is 0 Å². The highest BCUT2D eigenvalue weighted by Crippen LogP contribution is 2.20. The van der Waals surface area contributed by atoms with Gasteiger partial charge in [-0.15, -0.1) is 0 Å². The molecule has 24 heavy (non-hydrogen) atoms. The highest BCUT2D eigenvalue weighted by Gasteiger charge is 2.07. The van der Waals surface area contributed by atoms with Gasteiger partial charge in [0.2, 0.25) is 0 Å². The number of aromatic amines is 1. The number of H-pyrrole nitrogens is 1. The molecule has 0 aliphatic heterocycles. The Morgan fingerprint density at radius 2 is 2.00 bits per heavy atom. The average Bonchev–Trinajstić information content (AvgIpc) is 3.02. The Morgan fingerprint density at radius 1 is 1.25 bits per heavy atom. The van der Waals surface area contributed by atoms with Crippen molar-refractivity contribution < 1.29 is 14.6 Å². The summed E-state index contributed by atoms with van der Waals surface area (Å²) in [6, 6.07) is 16.5. The van der Waals surface area contributed by atoms with Crippen LogP contribution in [0, 0.1) is 11.3 Å². The summed E-state index contributed by atoms with van der Waals surface area (Å²) in [5.41, 5.74) is 2.86. The second-order valence-electron chi connectivity index (χ2n) is 5.02. The van der Waals surface area contributed by atoms with Gasteiger partial charge in [0.15, 0.2) is 6.61 Å². The molecule has 1 heterocycles. The maximum absolute atomic E-state index is 10.5. The molecule has 0 saturated heterocycles. The number of carbonyl (C=O) groups is 1. The normalized spacial score (nSPS) is 11.2. The molecule has 0 saturated carbocycles. The van der Waals surface area contributed by atoms with E-state index in [9.17, 15) is 10.1 Å². The number of nitrogens with zero attached hydrogens (tertiary/aromatic N) is 2. The lowest BCUT2D eigenvalue weighted by molar-refractivity contribution is -0.139. The highest BCUT2D eigenvalue weighted by atomic mass is 16.5. The smallest absolute Gasteiger partial charge is 0.341 e. The zero-order chi connectivity index (χ0) is 16.9. The number of aliphatic carboxylic acids is 1. The molecule has 1 aromatic heterocycles. The van der Waals surface area contributed by atoms with Crippen molar-refractivity contribution in [2.45, 2.75) is 0 Å². The molecule has 0 aliphatic carbocycles. The van der Waals surface area contributed by atoms with Crippen LogP contribution in [0.25, 0.3) is 22.7 Å². The van der Waals surface area contributed by atoms with Crippen molar-refractivity contribution in [1.82, 2.24) is 9.97 Å². The summed E-state index contributed by atoms with van der Waals surface area (Å²) >= 11 is 0. The van der Waals surface area contributed by atoms with Gasteiger partial charge in [-0.1, -0.05) is 24.3 Å². The summed E-state index contributed by atoms with van der Waals surface area (Å²) < 4.78 is 5.07. The molecule has 0 amide bonds. The number of hydrogen-bond acceptors (Lipinski definition) is 4. The Hall–Kier alpha value is -3.59. The molecule has 0 radical (unpaired) electrons. The predicted molar refractivity (Wildman–Crippen MR) is 89.2 cm³/mol. The van der Waals surface area contributed by atoms with Gasteiger partial charge in [0.05, 0.1) is 16.6 Å². The summed E-state index contributed by atoms with van der Waals surface area (Å²) in [6.45, 7) is -0.391. The largest absolute Gasteiger partial charge is 0.482 e. The Bertz CT molecular complexity index is 917. The lowest BCUT2D eigenvalue weighted by Crippen LogP contribution is -2.09. The van der Waals surface area contributed by atoms with E-state index in [2.05, 4.69) is 16.0 Å². The molecule has 0 atom stereocenters. The number of aromatic nitrogens is 2. The second-order valence-corrected chi connectivity index (χ2v) is 5.02. The fourth-order valence-corrected chi connectivity index (χ4v) is 2.21. The van der Waals surface area contributed by atoms with Crippen molar-refractivity contribution in [2.24, 2.45) is 0 Å². The van der Waals surface area contributed by atoms with Gasteiger partial charge in [0.25, 0.3) is 0 Å². The van der Waals surface area contributed by atoms with Crippen LogP contribution in [0.5, 0.6) is 5.75 Å². The topological polar surface area (TPSA) is 99.0 Å². The van der Waals surface area contributed by atoms with E-state index in [4.69, 9.17) is 9.84 Å². The zero-order valence-electron chi connectivity index (χ0n) is 12.6. The maximum Gasteiger partial charge on any atom is 0.341 e. The minimum atomic E-state index is -1.03. The number of para-hydroxylation sites is 2. The number of carboxylic acids is 1. The molecule has 0 fully saturated rings. The van der Waals surface area contributed by atoms with Crippen LogP contribution in [0.4, 0.5) is 0 Å². The molecule has 0 bridgehead atoms. The SMILES string of the molecule is N#C/C(=C\c1ccc(OCC(=O)O)cc1)c1nc2ccccc2[nH]1. The van der Waals surface area contributed by atoms with E-state index in [1.165, 1.54) is 0 Å². The molecule has 118 valence electrons. The van der Waals surface area contributed by atoms with E-state index >= 15 is 0 Å². The third-order valence-corrected chi connectivity index (χ3v) is 3.32. The zero-order valence-corrected chi connectivity index (χ0v) is 12.6. The molecule has 0 spiro atoms. The first-order valence-corrected chi connectivity index (χ1v) is 7.17. The van der Waals surface area contributed by atoms with Gasteiger partial charge >= 0.3 is 5.97 Å². The van der Waals surface area contributed by atoms with Gasteiger partial charge in [-0.25, -0.2) is 9.78 Å². The monoisotopic (exact) mass is 319 g/mol. The van der Waals surface area contributed by atoms with Crippen LogP contribution in [0.15, 0.2) is 48.5 Å². The molecule has 0 unspecified atom stereocenters. The average molecular weight is 319 g/mol. The van der Waals surface area contributed by atoms with E-state index in [1.807, 2.05) is 24.3 Å². The minimum absolute atomic E-state index is 0.391. The number of allylic oxidation sites excluding steroid dienone is 1. The summed E-state index contributed by atoms with van der Waals surface area (Å²) in [4.78, 5) is 18.0. The van der Waals surface area contributed by atoms with Crippen LogP contribution in [0.3, 0.4) is 0 Å². The fourth-order valence-electron chi connectivity index (χ4n) is 2.21. The predicted octanol–water partition coefficient (Wildman–Crippen LogP) is 3.09. The molecule has 0 aliphatic rings. The van der Waals surface area contributed by atoms with Crippen LogP contribution < -0.4 is 4.74 Å². The number of imidazole rings is 1. The van der Waals surface area contributed by atoms with E-state index in [0.717, 1.165) is 16.6 Å². The molecule has 2 N–H and O–H groups in total. The first-order chi connectivity index (χ1) is 11.7. The molecule has 3 rings (SSSR count). The summed E-state index contributed by atoms with van der Waals surface area (Å²) in [5.74, 6) is -0.0719. The number of rotatable bonds is 5. The number of benzene rings is 2. The number of fused-ring (bicyclic) bond motifs is 1. The van der Waals surface area contributed by atoms with Crippen molar-refractivity contribution in [3.05, 3.63) is 59.9 Å². The van der Waals surface area contributed by atoms with Crippen LogP contribution in [0.2, 0.25) is 0 Å². The number of hydrogen-bond donors (Lipinski definition) is 2. The van der Waals surface area contributed by atoms with Gasteiger partial charge in [0, 0.05) is 0 Å². The van der Waals surface area contributed by atoms with E-state index < -0.39 is 12.6 Å². The second kappa shape index (κ2) is 6.67. The minimum Gasteiger partial charge on any atom is -0.482 e. The van der Waals surface area contributed by atoms with Crippen molar-refractivity contribution >= 4 is 28.7 Å². The standard InChI is InChI=1S/C18H13N3O3/c19-10-13(18-20-15-3-1-2-4-16(15)21-18)9-12-5-7-14(8-6-12)24-11-17(22)23/h1-9H,11H2,(H,20,21)(H,22,23)/b13-9+. The molecule has 6 heteroatoms. The molecule has 6 nitrogen and oxygen atoms in total. The summed E-state index contributed by atoms with van der Waals surface area (Å²) in [7, 11) is 0. The number of nitrogens with one attached hydrogen (secondary N) is 1. The van der Waals surface area contributed by atoms with Crippen molar-refractivity contribution in [1.29, 1.82) is 5.26 Å². The van der Waals surface area contributed by atoms with Crippen LogP contribution in [0.1, 0.15) is 11.4 Å². The lowest BCUT2D eigenvalue weighted by Gasteiger charge is -2.03. The van der Waals surface area contributed by atoms with Crippen LogP contribution in [-0.2, 0) is 4.79 Å². The quantitative estimate of drug-likeness (QED) is 0.704. The first kappa shape index (κ1) is 15.3. The Labute approximate surface area is 137 Å². The Kier molecular flexibility index (Phi) is 4.25. The van der Waals surface area contributed by atoms with E-state index in [0.29, 0.717) is 17.1 Å². The van der Waals surface area contributed by atoms with Gasteiger partial charge in [-0.3, -0.25) is 0 Å². The third kappa shape index (κ3) is 3.42. The number of nitriles is 1. The Morgan fingerprint density at radius 3 is 2.67 bits per heavy atom. The molecular formula is C18H13N3O3. The highest BCUT2D eigenvalue weighted by molar-refractivity contribution is 5.90. The molecule has 2 aromatic carbocycles. The third-order valence-electron chi connectivity index (χ3n) is 3.32. The maximum atomic E-state index is 10.5.